The minimum atomic E-state index is -0.323. The van der Waals surface area contributed by atoms with Crippen molar-refractivity contribution in [2.75, 3.05) is 56.8 Å². The predicted octanol–water partition coefficient (Wildman–Crippen LogP) is 1.78. The maximum atomic E-state index is 12.2. The van der Waals surface area contributed by atoms with E-state index in [1.807, 2.05) is 19.0 Å². The molecule has 1 amide bonds. The van der Waals surface area contributed by atoms with Gasteiger partial charge in [0, 0.05) is 32.2 Å². The lowest BCUT2D eigenvalue weighted by Crippen LogP contribution is -2.38. The molecule has 1 aromatic carbocycles. The summed E-state index contributed by atoms with van der Waals surface area (Å²) in [5.41, 5.74) is 0. The summed E-state index contributed by atoms with van der Waals surface area (Å²) in [6, 6.07) is 4.81. The van der Waals surface area contributed by atoms with Crippen molar-refractivity contribution in [1.29, 1.82) is 0 Å². The number of carbonyl (C=O) groups is 1. The molecule has 1 aliphatic rings. The number of benzene rings is 1. The number of morpholine rings is 1. The quantitative estimate of drug-likeness (QED) is 0.695. The van der Waals surface area contributed by atoms with Crippen LogP contribution >= 0.6 is 23.2 Å². The molecule has 1 saturated heterocycles. The largest absolute Gasteiger partial charge is 0.482 e. The molecule has 0 unspecified atom stereocenters. The Hall–Kier alpha value is -2.36. The standard InChI is InChI=1S/C18H22Cl2N6O3/c1-25(2)17-22-15(23-18(24-17)26-5-7-28-8-6-26)10-21-16(27)11-29-14-4-3-12(19)9-13(14)20/h3-4,9H,5-8,10-11H2,1-2H3,(H,21,27). The van der Waals surface area contributed by atoms with E-state index >= 15 is 0 Å². The molecule has 2 heterocycles. The normalized spacial score (nSPS) is 13.9. The Bertz CT molecular complexity index is 861. The molecule has 29 heavy (non-hydrogen) atoms. The second kappa shape index (κ2) is 9.91. The highest BCUT2D eigenvalue weighted by molar-refractivity contribution is 6.35. The Balaban J connectivity index is 1.61. The first-order chi connectivity index (χ1) is 13.9. The van der Waals surface area contributed by atoms with E-state index in [4.69, 9.17) is 32.7 Å². The van der Waals surface area contributed by atoms with Crippen molar-refractivity contribution in [3.8, 4) is 5.75 Å². The summed E-state index contributed by atoms with van der Waals surface area (Å²) in [5, 5.41) is 3.58. The van der Waals surface area contributed by atoms with Gasteiger partial charge in [0.15, 0.2) is 12.4 Å². The third kappa shape index (κ3) is 6.06. The lowest BCUT2D eigenvalue weighted by Gasteiger charge is -2.27. The van der Waals surface area contributed by atoms with Crippen LogP contribution < -0.4 is 19.9 Å². The minimum Gasteiger partial charge on any atom is -0.482 e. The molecule has 1 aromatic heterocycles. The summed E-state index contributed by atoms with van der Waals surface area (Å²) in [4.78, 5) is 29.4. The van der Waals surface area contributed by atoms with E-state index in [-0.39, 0.29) is 19.1 Å². The molecular formula is C18H22Cl2N6O3. The molecule has 11 heteroatoms. The zero-order chi connectivity index (χ0) is 20.8. The lowest BCUT2D eigenvalue weighted by molar-refractivity contribution is -0.123. The van der Waals surface area contributed by atoms with Crippen LogP contribution in [0.1, 0.15) is 5.82 Å². The first kappa shape index (κ1) is 21.4. The highest BCUT2D eigenvalue weighted by atomic mass is 35.5. The fraction of sp³-hybridized carbons (Fsp3) is 0.444. The van der Waals surface area contributed by atoms with Gasteiger partial charge in [-0.05, 0) is 18.2 Å². The monoisotopic (exact) mass is 440 g/mol. The van der Waals surface area contributed by atoms with Crippen LogP contribution in [0, 0.1) is 0 Å². The Labute approximate surface area is 178 Å². The van der Waals surface area contributed by atoms with E-state index in [9.17, 15) is 4.79 Å². The van der Waals surface area contributed by atoms with Crippen LogP contribution in [0.2, 0.25) is 10.0 Å². The molecule has 1 fully saturated rings. The molecule has 156 valence electrons. The number of amides is 1. The van der Waals surface area contributed by atoms with Gasteiger partial charge in [0.2, 0.25) is 11.9 Å². The number of nitrogens with zero attached hydrogens (tertiary/aromatic N) is 5. The average molecular weight is 441 g/mol. The summed E-state index contributed by atoms with van der Waals surface area (Å²) >= 11 is 11.9. The summed E-state index contributed by atoms with van der Waals surface area (Å²) in [7, 11) is 3.70. The molecule has 3 rings (SSSR count). The van der Waals surface area contributed by atoms with Crippen LogP contribution in [0.5, 0.6) is 5.75 Å². The van der Waals surface area contributed by atoms with Gasteiger partial charge in [-0.3, -0.25) is 4.79 Å². The zero-order valence-corrected chi connectivity index (χ0v) is 17.7. The summed E-state index contributed by atoms with van der Waals surface area (Å²) < 4.78 is 10.8. The highest BCUT2D eigenvalue weighted by Gasteiger charge is 2.17. The summed E-state index contributed by atoms with van der Waals surface area (Å²) in [5.74, 6) is 1.62. The van der Waals surface area contributed by atoms with Crippen molar-refractivity contribution in [3.05, 3.63) is 34.1 Å². The van der Waals surface area contributed by atoms with Gasteiger partial charge in [0.1, 0.15) is 5.75 Å². The van der Waals surface area contributed by atoms with Crippen molar-refractivity contribution >= 4 is 41.0 Å². The molecule has 0 aliphatic carbocycles. The Morgan fingerprint density at radius 3 is 2.69 bits per heavy atom. The van der Waals surface area contributed by atoms with Gasteiger partial charge >= 0.3 is 0 Å². The molecule has 0 atom stereocenters. The number of hydrogen-bond acceptors (Lipinski definition) is 8. The van der Waals surface area contributed by atoms with Crippen molar-refractivity contribution in [1.82, 2.24) is 20.3 Å². The first-order valence-corrected chi connectivity index (χ1v) is 9.77. The fourth-order valence-electron chi connectivity index (χ4n) is 2.54. The maximum absolute atomic E-state index is 12.2. The number of nitrogens with one attached hydrogen (secondary N) is 1. The van der Waals surface area contributed by atoms with E-state index in [0.29, 0.717) is 59.8 Å². The third-order valence-corrected chi connectivity index (χ3v) is 4.58. The Kier molecular flexibility index (Phi) is 7.29. The van der Waals surface area contributed by atoms with Crippen LogP contribution in [0.25, 0.3) is 0 Å². The van der Waals surface area contributed by atoms with E-state index in [1.165, 1.54) is 0 Å². The zero-order valence-electron chi connectivity index (χ0n) is 16.2. The molecule has 1 aliphatic heterocycles. The highest BCUT2D eigenvalue weighted by Crippen LogP contribution is 2.27. The number of carbonyl (C=O) groups excluding carboxylic acids is 1. The SMILES string of the molecule is CN(C)c1nc(CNC(=O)COc2ccc(Cl)cc2Cl)nc(N2CCOCC2)n1. The lowest BCUT2D eigenvalue weighted by atomic mass is 10.3. The molecule has 9 nitrogen and oxygen atoms in total. The van der Waals surface area contributed by atoms with Crippen molar-refractivity contribution in [2.45, 2.75) is 6.54 Å². The molecule has 0 bridgehead atoms. The number of ether oxygens (including phenoxy) is 2. The van der Waals surface area contributed by atoms with Crippen molar-refractivity contribution < 1.29 is 14.3 Å². The smallest absolute Gasteiger partial charge is 0.258 e. The van der Waals surface area contributed by atoms with Gasteiger partial charge in [-0.15, -0.1) is 0 Å². The average Bonchev–Trinajstić information content (AvgIpc) is 2.72. The van der Waals surface area contributed by atoms with E-state index < -0.39 is 0 Å². The number of anilines is 2. The maximum Gasteiger partial charge on any atom is 0.258 e. The Morgan fingerprint density at radius 2 is 2.00 bits per heavy atom. The van der Waals surface area contributed by atoms with Gasteiger partial charge in [-0.2, -0.15) is 15.0 Å². The van der Waals surface area contributed by atoms with E-state index in [0.717, 1.165) is 0 Å². The Morgan fingerprint density at radius 1 is 1.24 bits per heavy atom. The molecule has 0 saturated carbocycles. The molecular weight excluding hydrogens is 419 g/mol. The van der Waals surface area contributed by atoms with E-state index in [1.54, 1.807) is 23.1 Å². The second-order valence-corrected chi connectivity index (χ2v) is 7.33. The van der Waals surface area contributed by atoms with Gasteiger partial charge in [0.25, 0.3) is 5.91 Å². The molecule has 0 spiro atoms. The van der Waals surface area contributed by atoms with Gasteiger partial charge < -0.3 is 24.6 Å². The summed E-state index contributed by atoms with van der Waals surface area (Å²) in [6.07, 6.45) is 0. The molecule has 0 radical (unpaired) electrons. The van der Waals surface area contributed by atoms with Crippen LogP contribution in [0.4, 0.5) is 11.9 Å². The minimum absolute atomic E-state index is 0.150. The van der Waals surface area contributed by atoms with E-state index in [2.05, 4.69) is 20.3 Å². The van der Waals surface area contributed by atoms with Gasteiger partial charge in [-0.1, -0.05) is 23.2 Å². The van der Waals surface area contributed by atoms with Crippen molar-refractivity contribution in [3.63, 3.8) is 0 Å². The number of halogens is 2. The first-order valence-electron chi connectivity index (χ1n) is 9.02. The van der Waals surface area contributed by atoms with Crippen LogP contribution in [0.3, 0.4) is 0 Å². The van der Waals surface area contributed by atoms with Crippen LogP contribution in [-0.4, -0.2) is 67.9 Å². The number of rotatable bonds is 7. The van der Waals surface area contributed by atoms with Gasteiger partial charge in [0.05, 0.1) is 24.8 Å². The third-order valence-electron chi connectivity index (χ3n) is 4.05. The second-order valence-electron chi connectivity index (χ2n) is 6.49. The molecule has 2 aromatic rings. The number of aromatic nitrogens is 3. The summed E-state index contributed by atoms with van der Waals surface area (Å²) in [6.45, 7) is 2.62. The van der Waals surface area contributed by atoms with Crippen LogP contribution in [-0.2, 0) is 16.1 Å². The van der Waals surface area contributed by atoms with Gasteiger partial charge in [-0.25, -0.2) is 0 Å². The van der Waals surface area contributed by atoms with Crippen LogP contribution in [0.15, 0.2) is 18.2 Å². The molecule has 1 N–H and O–H groups in total. The topological polar surface area (TPSA) is 92.7 Å². The predicted molar refractivity (Wildman–Crippen MR) is 111 cm³/mol. The fourth-order valence-corrected chi connectivity index (χ4v) is 3.01. The van der Waals surface area contributed by atoms with Crippen molar-refractivity contribution in [2.24, 2.45) is 0 Å². The number of hydrogen-bond donors (Lipinski definition) is 1.